The molecular formula is C9H19O11P. The molecular weight excluding hydrogens is 315 g/mol. The SMILES string of the molecule is O=P(O)(O)OC[C@@H](CO)O[C@H]1O[C@H](CO)[C@H](O)[C@H](O)[C@H]1O. The average molecular weight is 334 g/mol. The smallest absolute Gasteiger partial charge is 0.394 e. The first-order valence-electron chi connectivity index (χ1n) is 5.96. The van der Waals surface area contributed by atoms with Crippen molar-refractivity contribution in [3.05, 3.63) is 0 Å². The van der Waals surface area contributed by atoms with Crippen LogP contribution >= 0.6 is 7.82 Å². The zero-order valence-electron chi connectivity index (χ0n) is 10.8. The lowest BCUT2D eigenvalue weighted by Crippen LogP contribution is -2.60. The summed E-state index contributed by atoms with van der Waals surface area (Å²) in [6, 6.07) is 0. The van der Waals surface area contributed by atoms with Gasteiger partial charge in [0, 0.05) is 0 Å². The number of phosphoric acid groups is 1. The molecule has 1 fully saturated rings. The van der Waals surface area contributed by atoms with Gasteiger partial charge < -0.3 is 44.8 Å². The monoisotopic (exact) mass is 334 g/mol. The minimum atomic E-state index is -4.77. The summed E-state index contributed by atoms with van der Waals surface area (Å²) >= 11 is 0. The molecule has 1 saturated heterocycles. The summed E-state index contributed by atoms with van der Waals surface area (Å²) in [5, 5.41) is 46.7. The van der Waals surface area contributed by atoms with Crippen LogP contribution in [0, 0.1) is 0 Å². The molecule has 0 unspecified atom stereocenters. The fraction of sp³-hybridized carbons (Fsp3) is 1.00. The lowest BCUT2D eigenvalue weighted by atomic mass is 9.99. The fourth-order valence-electron chi connectivity index (χ4n) is 1.68. The number of hydrogen-bond donors (Lipinski definition) is 7. The van der Waals surface area contributed by atoms with Gasteiger partial charge in [-0.1, -0.05) is 0 Å². The molecule has 1 rings (SSSR count). The highest BCUT2D eigenvalue weighted by atomic mass is 31.2. The van der Waals surface area contributed by atoms with Crippen LogP contribution in [0.2, 0.25) is 0 Å². The molecule has 0 aliphatic carbocycles. The van der Waals surface area contributed by atoms with Crippen LogP contribution in [0.25, 0.3) is 0 Å². The molecule has 1 aliphatic heterocycles. The fourth-order valence-corrected chi connectivity index (χ4v) is 2.05. The summed E-state index contributed by atoms with van der Waals surface area (Å²) < 4.78 is 24.7. The van der Waals surface area contributed by atoms with E-state index in [1.165, 1.54) is 0 Å². The van der Waals surface area contributed by atoms with E-state index in [9.17, 15) is 19.9 Å². The molecule has 0 spiro atoms. The van der Waals surface area contributed by atoms with Crippen LogP contribution in [0.5, 0.6) is 0 Å². The molecule has 11 nitrogen and oxygen atoms in total. The first-order valence-corrected chi connectivity index (χ1v) is 7.49. The average Bonchev–Trinajstić information content (AvgIpc) is 2.42. The maximum Gasteiger partial charge on any atom is 0.469 e. The molecule has 7 N–H and O–H groups in total. The van der Waals surface area contributed by atoms with Gasteiger partial charge in [0.05, 0.1) is 19.8 Å². The Morgan fingerprint density at radius 1 is 1.10 bits per heavy atom. The van der Waals surface area contributed by atoms with Gasteiger partial charge >= 0.3 is 7.82 Å². The van der Waals surface area contributed by atoms with Crippen LogP contribution in [0.1, 0.15) is 0 Å². The van der Waals surface area contributed by atoms with E-state index in [0.717, 1.165) is 0 Å². The molecule has 0 aromatic rings. The molecule has 6 atom stereocenters. The van der Waals surface area contributed by atoms with Gasteiger partial charge in [-0.05, 0) is 0 Å². The Hall–Kier alpha value is -0.170. The first-order chi connectivity index (χ1) is 9.69. The van der Waals surface area contributed by atoms with Crippen molar-refractivity contribution in [3.8, 4) is 0 Å². The second-order valence-electron chi connectivity index (χ2n) is 4.42. The molecule has 1 heterocycles. The topological polar surface area (TPSA) is 186 Å². The highest BCUT2D eigenvalue weighted by molar-refractivity contribution is 7.46. The first kappa shape index (κ1) is 18.9. The molecule has 21 heavy (non-hydrogen) atoms. The number of hydrogen-bond acceptors (Lipinski definition) is 9. The van der Waals surface area contributed by atoms with Gasteiger partial charge in [0.15, 0.2) is 6.29 Å². The lowest BCUT2D eigenvalue weighted by molar-refractivity contribution is -0.314. The van der Waals surface area contributed by atoms with Crippen LogP contribution in [-0.2, 0) is 18.6 Å². The largest absolute Gasteiger partial charge is 0.469 e. The zero-order chi connectivity index (χ0) is 16.2. The van der Waals surface area contributed by atoms with Crippen molar-refractivity contribution >= 4 is 7.82 Å². The number of ether oxygens (including phenoxy) is 2. The van der Waals surface area contributed by atoms with E-state index in [4.69, 9.17) is 29.5 Å². The minimum Gasteiger partial charge on any atom is -0.394 e. The molecule has 0 aromatic carbocycles. The molecule has 0 radical (unpaired) electrons. The summed E-state index contributed by atoms with van der Waals surface area (Å²) in [6.07, 6.45) is -8.91. The van der Waals surface area contributed by atoms with Crippen LogP contribution in [0.4, 0.5) is 0 Å². The Kier molecular flexibility index (Phi) is 7.10. The van der Waals surface area contributed by atoms with Crippen molar-refractivity contribution in [2.45, 2.75) is 36.8 Å². The maximum atomic E-state index is 10.5. The van der Waals surface area contributed by atoms with Crippen molar-refractivity contribution in [2.75, 3.05) is 19.8 Å². The molecule has 0 bridgehead atoms. The Bertz CT molecular complexity index is 358. The second-order valence-corrected chi connectivity index (χ2v) is 5.66. The van der Waals surface area contributed by atoms with Crippen LogP contribution in [-0.4, -0.2) is 91.9 Å². The molecule has 12 heteroatoms. The van der Waals surface area contributed by atoms with Gasteiger partial charge in [0.25, 0.3) is 0 Å². The van der Waals surface area contributed by atoms with Crippen molar-refractivity contribution in [1.82, 2.24) is 0 Å². The highest BCUT2D eigenvalue weighted by Gasteiger charge is 2.44. The molecule has 126 valence electrons. The summed E-state index contributed by atoms with van der Waals surface area (Å²) in [7, 11) is -4.77. The third-order valence-electron chi connectivity index (χ3n) is 2.81. The standard InChI is InChI=1S/C9H19O11P/c10-1-4(3-18-21(15,16)17)19-9-8(14)7(13)6(12)5(2-11)20-9/h4-14H,1-3H2,(H2,15,16,17)/t4-,5-,6+,7+,8-,9+/m1/s1. The van der Waals surface area contributed by atoms with Crippen molar-refractivity contribution < 1.29 is 53.9 Å². The number of aliphatic hydroxyl groups excluding tert-OH is 5. The van der Waals surface area contributed by atoms with Crippen LogP contribution < -0.4 is 0 Å². The van der Waals surface area contributed by atoms with Gasteiger partial charge in [-0.3, -0.25) is 4.52 Å². The quantitative estimate of drug-likeness (QED) is 0.227. The highest BCUT2D eigenvalue weighted by Crippen LogP contribution is 2.36. The van der Waals surface area contributed by atoms with E-state index in [1.807, 2.05) is 0 Å². The molecule has 0 aromatic heterocycles. The predicted octanol–water partition coefficient (Wildman–Crippen LogP) is -3.73. The van der Waals surface area contributed by atoms with E-state index in [1.54, 1.807) is 0 Å². The summed E-state index contributed by atoms with van der Waals surface area (Å²) in [4.78, 5) is 17.1. The third-order valence-corrected chi connectivity index (χ3v) is 3.29. The van der Waals surface area contributed by atoms with Crippen LogP contribution in [0.3, 0.4) is 0 Å². The maximum absolute atomic E-state index is 10.5. The van der Waals surface area contributed by atoms with Gasteiger partial charge in [0.1, 0.15) is 30.5 Å². The Morgan fingerprint density at radius 2 is 1.71 bits per heavy atom. The van der Waals surface area contributed by atoms with Gasteiger partial charge in [0.2, 0.25) is 0 Å². The van der Waals surface area contributed by atoms with Crippen LogP contribution in [0.15, 0.2) is 0 Å². The van der Waals surface area contributed by atoms with Crippen molar-refractivity contribution in [1.29, 1.82) is 0 Å². The summed E-state index contributed by atoms with van der Waals surface area (Å²) in [6.45, 7) is -2.07. The zero-order valence-corrected chi connectivity index (χ0v) is 11.7. The lowest BCUT2D eigenvalue weighted by Gasteiger charge is -2.40. The van der Waals surface area contributed by atoms with Gasteiger partial charge in [-0.25, -0.2) is 4.57 Å². The number of rotatable bonds is 7. The number of aliphatic hydroxyl groups is 5. The van der Waals surface area contributed by atoms with Crippen molar-refractivity contribution in [2.24, 2.45) is 0 Å². The van der Waals surface area contributed by atoms with Gasteiger partial charge in [-0.2, -0.15) is 0 Å². The number of phosphoric ester groups is 1. The second kappa shape index (κ2) is 7.90. The van der Waals surface area contributed by atoms with E-state index >= 15 is 0 Å². The van der Waals surface area contributed by atoms with E-state index in [2.05, 4.69) is 4.52 Å². The predicted molar refractivity (Wildman–Crippen MR) is 63.7 cm³/mol. The van der Waals surface area contributed by atoms with E-state index in [0.29, 0.717) is 0 Å². The minimum absolute atomic E-state index is 0.659. The molecule has 0 saturated carbocycles. The Balaban J connectivity index is 2.63. The van der Waals surface area contributed by atoms with E-state index < -0.39 is 64.5 Å². The van der Waals surface area contributed by atoms with Crippen molar-refractivity contribution in [3.63, 3.8) is 0 Å². The van der Waals surface area contributed by atoms with E-state index in [-0.39, 0.29) is 0 Å². The molecule has 1 aliphatic rings. The molecule has 0 amide bonds. The summed E-state index contributed by atoms with van der Waals surface area (Å²) in [5.41, 5.74) is 0. The summed E-state index contributed by atoms with van der Waals surface area (Å²) in [5.74, 6) is 0. The third kappa shape index (κ3) is 5.51. The Labute approximate surface area is 119 Å². The Morgan fingerprint density at radius 3 is 2.19 bits per heavy atom. The normalized spacial score (nSPS) is 35.7. The van der Waals surface area contributed by atoms with Gasteiger partial charge in [-0.15, -0.1) is 0 Å².